The van der Waals surface area contributed by atoms with E-state index >= 15 is 0 Å². The molecule has 0 saturated carbocycles. The van der Waals surface area contributed by atoms with Gasteiger partial charge in [-0.15, -0.1) is 0 Å². The Morgan fingerprint density at radius 1 is 1.20 bits per heavy atom. The summed E-state index contributed by atoms with van der Waals surface area (Å²) in [6.45, 7) is 5.62. The highest BCUT2D eigenvalue weighted by molar-refractivity contribution is 6.32. The van der Waals surface area contributed by atoms with Gasteiger partial charge >= 0.3 is 0 Å². The molecule has 0 spiro atoms. The predicted molar refractivity (Wildman–Crippen MR) is 81.0 cm³/mol. The lowest BCUT2D eigenvalue weighted by Crippen LogP contribution is -2.15. The lowest BCUT2D eigenvalue weighted by molar-refractivity contribution is 0.479. The van der Waals surface area contributed by atoms with E-state index in [-0.39, 0.29) is 5.84 Å². The fourth-order valence-corrected chi connectivity index (χ4v) is 2.16. The lowest BCUT2D eigenvalue weighted by Gasteiger charge is -2.14. The van der Waals surface area contributed by atoms with Crippen LogP contribution in [0.3, 0.4) is 0 Å². The second kappa shape index (κ2) is 5.51. The largest absolute Gasteiger partial charge is 0.455 e. The number of aromatic nitrogens is 1. The first kappa shape index (κ1) is 14.3. The average molecular weight is 290 g/mol. The highest BCUT2D eigenvalue weighted by Crippen LogP contribution is 2.33. The van der Waals surface area contributed by atoms with Crippen molar-refractivity contribution in [2.24, 2.45) is 5.73 Å². The van der Waals surface area contributed by atoms with Crippen LogP contribution in [-0.4, -0.2) is 10.8 Å². The summed E-state index contributed by atoms with van der Waals surface area (Å²) in [7, 11) is 0. The van der Waals surface area contributed by atoms with Crippen molar-refractivity contribution in [3.8, 4) is 11.5 Å². The number of rotatable bonds is 3. The Balaban J connectivity index is 2.53. The minimum Gasteiger partial charge on any atom is -0.455 e. The Kier molecular flexibility index (Phi) is 3.95. The summed E-state index contributed by atoms with van der Waals surface area (Å²) < 4.78 is 5.85. The van der Waals surface area contributed by atoms with E-state index in [1.54, 1.807) is 19.1 Å². The van der Waals surface area contributed by atoms with Crippen molar-refractivity contribution in [3.05, 3.63) is 51.8 Å². The van der Waals surface area contributed by atoms with Crippen LogP contribution in [0, 0.1) is 26.2 Å². The molecule has 1 aromatic carbocycles. The number of pyridine rings is 1. The number of hydrogen-bond acceptors (Lipinski definition) is 3. The number of amidine groups is 1. The van der Waals surface area contributed by atoms with E-state index in [2.05, 4.69) is 4.98 Å². The van der Waals surface area contributed by atoms with E-state index in [0.717, 1.165) is 11.3 Å². The minimum absolute atomic E-state index is 0.0752. The molecule has 1 aromatic heterocycles. The number of nitrogens with zero attached hydrogens (tertiary/aromatic N) is 1. The van der Waals surface area contributed by atoms with Crippen LogP contribution >= 0.6 is 11.6 Å². The quantitative estimate of drug-likeness (QED) is 0.668. The Morgan fingerprint density at radius 3 is 2.55 bits per heavy atom. The van der Waals surface area contributed by atoms with Crippen molar-refractivity contribution in [1.29, 1.82) is 5.41 Å². The molecule has 0 aliphatic carbocycles. The maximum atomic E-state index is 7.67. The topological polar surface area (TPSA) is 72.0 Å². The van der Waals surface area contributed by atoms with Gasteiger partial charge in [0.1, 0.15) is 17.3 Å². The third kappa shape index (κ3) is 2.91. The molecule has 0 fully saturated rings. The fraction of sp³-hybridized carbons (Fsp3) is 0.200. The molecule has 0 unspecified atom stereocenters. The smallest absolute Gasteiger partial charge is 0.146 e. The van der Waals surface area contributed by atoms with Gasteiger partial charge in [-0.1, -0.05) is 17.7 Å². The van der Waals surface area contributed by atoms with E-state index in [9.17, 15) is 0 Å². The molecule has 0 amide bonds. The molecule has 20 heavy (non-hydrogen) atoms. The summed E-state index contributed by atoms with van der Waals surface area (Å²) in [4.78, 5) is 4.30. The molecular weight excluding hydrogens is 274 g/mol. The summed E-state index contributed by atoms with van der Waals surface area (Å²) in [5, 5.41) is 8.19. The summed E-state index contributed by atoms with van der Waals surface area (Å²) in [5.41, 5.74) is 8.61. The number of nitrogens with one attached hydrogen (secondary N) is 1. The summed E-state index contributed by atoms with van der Waals surface area (Å²) in [6.07, 6.45) is 0. The zero-order valence-electron chi connectivity index (χ0n) is 11.6. The van der Waals surface area contributed by atoms with E-state index in [4.69, 9.17) is 27.5 Å². The van der Waals surface area contributed by atoms with E-state index < -0.39 is 0 Å². The molecule has 3 N–H and O–H groups in total. The molecule has 0 radical (unpaired) electrons. The SMILES string of the molecule is Cc1ccc(Cl)c(Oc2cc(C)nc(C)c2C(=N)N)c1. The van der Waals surface area contributed by atoms with Gasteiger partial charge in [-0.25, -0.2) is 0 Å². The van der Waals surface area contributed by atoms with Gasteiger partial charge in [-0.2, -0.15) is 0 Å². The van der Waals surface area contributed by atoms with Gasteiger partial charge in [0.2, 0.25) is 0 Å². The first-order valence-electron chi connectivity index (χ1n) is 6.15. The maximum Gasteiger partial charge on any atom is 0.146 e. The molecule has 0 aliphatic rings. The molecule has 0 aliphatic heterocycles. The van der Waals surface area contributed by atoms with Crippen molar-refractivity contribution >= 4 is 17.4 Å². The second-order valence-corrected chi connectivity index (χ2v) is 5.08. The zero-order valence-corrected chi connectivity index (χ0v) is 12.4. The number of aryl methyl sites for hydroxylation is 3. The van der Waals surface area contributed by atoms with Gasteiger partial charge in [-0.3, -0.25) is 10.4 Å². The van der Waals surface area contributed by atoms with Crippen LogP contribution in [-0.2, 0) is 0 Å². The molecule has 0 bridgehead atoms. The normalized spacial score (nSPS) is 10.4. The number of nitrogens with two attached hydrogens (primary N) is 1. The number of benzene rings is 1. The fourth-order valence-electron chi connectivity index (χ4n) is 2.01. The second-order valence-electron chi connectivity index (χ2n) is 4.67. The van der Waals surface area contributed by atoms with Gasteiger partial charge in [-0.05, 0) is 38.5 Å². The third-order valence-corrected chi connectivity index (χ3v) is 3.18. The van der Waals surface area contributed by atoms with Gasteiger partial charge in [0.05, 0.1) is 16.3 Å². The molecule has 0 atom stereocenters. The number of nitrogen functional groups attached to an aromatic ring is 1. The third-order valence-electron chi connectivity index (χ3n) is 2.87. The molecule has 2 rings (SSSR count). The average Bonchev–Trinajstić information content (AvgIpc) is 2.32. The molecule has 0 saturated heterocycles. The molecular formula is C15H16ClN3O. The molecule has 5 heteroatoms. The Hall–Kier alpha value is -2.07. The number of hydrogen-bond donors (Lipinski definition) is 2. The van der Waals surface area contributed by atoms with Crippen LogP contribution < -0.4 is 10.5 Å². The summed E-state index contributed by atoms with van der Waals surface area (Å²) in [5.74, 6) is 0.961. The van der Waals surface area contributed by atoms with Crippen LogP contribution in [0.4, 0.5) is 0 Å². The van der Waals surface area contributed by atoms with Crippen molar-refractivity contribution < 1.29 is 4.74 Å². The van der Waals surface area contributed by atoms with Crippen LogP contribution in [0.25, 0.3) is 0 Å². The van der Waals surface area contributed by atoms with Gasteiger partial charge in [0.25, 0.3) is 0 Å². The predicted octanol–water partition coefficient (Wildman–Crippen LogP) is 3.74. The zero-order chi connectivity index (χ0) is 14.9. The lowest BCUT2D eigenvalue weighted by atomic mass is 10.1. The molecule has 4 nitrogen and oxygen atoms in total. The molecule has 1 heterocycles. The molecule has 2 aromatic rings. The van der Waals surface area contributed by atoms with Gasteiger partial charge in [0.15, 0.2) is 0 Å². The van der Waals surface area contributed by atoms with Crippen molar-refractivity contribution in [2.45, 2.75) is 20.8 Å². The molecule has 104 valence electrons. The number of halogens is 1. The van der Waals surface area contributed by atoms with Gasteiger partial charge in [0, 0.05) is 11.8 Å². The van der Waals surface area contributed by atoms with Crippen molar-refractivity contribution in [1.82, 2.24) is 4.98 Å². The van der Waals surface area contributed by atoms with E-state index in [1.807, 2.05) is 26.0 Å². The Labute approximate surface area is 123 Å². The summed E-state index contributed by atoms with van der Waals surface area (Å²) in [6, 6.07) is 7.28. The highest BCUT2D eigenvalue weighted by Gasteiger charge is 2.14. The van der Waals surface area contributed by atoms with Gasteiger partial charge < -0.3 is 10.5 Å². The first-order valence-corrected chi connectivity index (χ1v) is 6.53. The Morgan fingerprint density at radius 2 is 1.90 bits per heavy atom. The maximum absolute atomic E-state index is 7.67. The number of ether oxygens (including phenoxy) is 1. The Bertz CT molecular complexity index is 683. The van der Waals surface area contributed by atoms with Crippen LogP contribution in [0.1, 0.15) is 22.5 Å². The van der Waals surface area contributed by atoms with Crippen molar-refractivity contribution in [2.75, 3.05) is 0 Å². The van der Waals surface area contributed by atoms with Crippen LogP contribution in [0.2, 0.25) is 5.02 Å². The highest BCUT2D eigenvalue weighted by atomic mass is 35.5. The van der Waals surface area contributed by atoms with Crippen molar-refractivity contribution in [3.63, 3.8) is 0 Å². The van der Waals surface area contributed by atoms with Crippen LogP contribution in [0.5, 0.6) is 11.5 Å². The van der Waals surface area contributed by atoms with E-state index in [0.29, 0.717) is 27.8 Å². The standard InChI is InChI=1S/C15H16ClN3O/c1-8-4-5-11(16)12(6-8)20-13-7-9(2)19-10(3)14(13)15(17)18/h4-7H,1-3H3,(H3,17,18). The minimum atomic E-state index is -0.0752. The monoisotopic (exact) mass is 289 g/mol. The van der Waals surface area contributed by atoms with E-state index in [1.165, 1.54) is 0 Å². The summed E-state index contributed by atoms with van der Waals surface area (Å²) >= 11 is 6.13. The first-order chi connectivity index (χ1) is 9.38. The van der Waals surface area contributed by atoms with Crippen LogP contribution in [0.15, 0.2) is 24.3 Å².